The highest BCUT2D eigenvalue weighted by atomic mass is 32.1. The van der Waals surface area contributed by atoms with E-state index in [0.29, 0.717) is 24.0 Å². The summed E-state index contributed by atoms with van der Waals surface area (Å²) in [6.07, 6.45) is 3.76. The van der Waals surface area contributed by atoms with Crippen LogP contribution in [0.4, 0.5) is 5.69 Å². The fourth-order valence-electron chi connectivity index (χ4n) is 2.06. The van der Waals surface area contributed by atoms with Crippen molar-refractivity contribution in [3.8, 4) is 0 Å². The molecule has 0 saturated heterocycles. The van der Waals surface area contributed by atoms with Crippen molar-refractivity contribution < 1.29 is 4.79 Å². The largest absolute Gasteiger partial charge is 0.397 e. The molecule has 1 fully saturated rings. The first kappa shape index (κ1) is 12.2. The Bertz CT molecular complexity index is 578. The summed E-state index contributed by atoms with van der Waals surface area (Å²) in [7, 11) is 0. The first-order valence-corrected chi connectivity index (χ1v) is 7.17. The molecule has 2 N–H and O–H groups in total. The van der Waals surface area contributed by atoms with Crippen molar-refractivity contribution in [2.45, 2.75) is 25.4 Å². The van der Waals surface area contributed by atoms with Gasteiger partial charge < -0.3 is 10.6 Å². The minimum Gasteiger partial charge on any atom is -0.397 e. The van der Waals surface area contributed by atoms with Crippen molar-refractivity contribution in [1.29, 1.82) is 0 Å². The highest BCUT2D eigenvalue weighted by Crippen LogP contribution is 2.31. The van der Waals surface area contributed by atoms with Gasteiger partial charge in [-0.15, -0.1) is 11.3 Å². The number of nitrogen functional groups attached to an aromatic ring is 1. The number of pyridine rings is 1. The van der Waals surface area contributed by atoms with E-state index in [9.17, 15) is 4.79 Å². The molecule has 1 aliphatic carbocycles. The molecule has 0 atom stereocenters. The maximum absolute atomic E-state index is 12.6. The van der Waals surface area contributed by atoms with Crippen LogP contribution in [-0.2, 0) is 6.54 Å². The van der Waals surface area contributed by atoms with Gasteiger partial charge in [-0.3, -0.25) is 4.79 Å². The number of anilines is 1. The molecule has 2 aromatic heterocycles. The monoisotopic (exact) mass is 273 g/mol. The molecule has 1 aliphatic rings. The lowest BCUT2D eigenvalue weighted by Crippen LogP contribution is -2.33. The highest BCUT2D eigenvalue weighted by molar-refractivity contribution is 7.09. The Hall–Kier alpha value is -1.88. The van der Waals surface area contributed by atoms with Crippen molar-refractivity contribution in [3.63, 3.8) is 0 Å². The average molecular weight is 273 g/mol. The van der Waals surface area contributed by atoms with Gasteiger partial charge in [-0.05, 0) is 36.4 Å². The molecule has 0 unspecified atom stereocenters. The minimum atomic E-state index is -0.0611. The number of carbonyl (C=O) groups excluding carboxylic acids is 1. The third-order valence-corrected chi connectivity index (χ3v) is 4.06. The van der Waals surface area contributed by atoms with Crippen LogP contribution in [0.3, 0.4) is 0 Å². The second-order valence-electron chi connectivity index (χ2n) is 4.68. The lowest BCUT2D eigenvalue weighted by molar-refractivity contribution is 0.0727. The predicted octanol–water partition coefficient (Wildman–Crippen LogP) is 2.53. The van der Waals surface area contributed by atoms with Gasteiger partial charge in [-0.25, -0.2) is 4.98 Å². The lowest BCUT2D eigenvalue weighted by Gasteiger charge is -2.21. The topological polar surface area (TPSA) is 59.2 Å². The summed E-state index contributed by atoms with van der Waals surface area (Å²) in [4.78, 5) is 19.8. The van der Waals surface area contributed by atoms with Crippen LogP contribution in [0.5, 0.6) is 0 Å². The van der Waals surface area contributed by atoms with E-state index in [1.165, 1.54) is 4.88 Å². The van der Waals surface area contributed by atoms with Gasteiger partial charge in [0.25, 0.3) is 5.91 Å². The Labute approximate surface area is 115 Å². The zero-order valence-electron chi connectivity index (χ0n) is 10.5. The molecule has 4 nitrogen and oxygen atoms in total. The Morgan fingerprint density at radius 1 is 1.42 bits per heavy atom. The zero-order valence-corrected chi connectivity index (χ0v) is 11.3. The average Bonchev–Trinajstić information content (AvgIpc) is 3.13. The second kappa shape index (κ2) is 5.01. The van der Waals surface area contributed by atoms with Gasteiger partial charge in [0.2, 0.25) is 0 Å². The van der Waals surface area contributed by atoms with E-state index in [-0.39, 0.29) is 5.91 Å². The quantitative estimate of drug-likeness (QED) is 0.931. The zero-order chi connectivity index (χ0) is 13.2. The summed E-state index contributed by atoms with van der Waals surface area (Å²) in [5.41, 5.74) is 6.66. The molecule has 2 heterocycles. The molecular weight excluding hydrogens is 258 g/mol. The number of hydrogen-bond donors (Lipinski definition) is 1. The third kappa shape index (κ3) is 2.61. The van der Waals surface area contributed by atoms with Gasteiger partial charge in [-0.1, -0.05) is 6.07 Å². The summed E-state index contributed by atoms with van der Waals surface area (Å²) < 4.78 is 0. The van der Waals surface area contributed by atoms with Crippen LogP contribution in [-0.4, -0.2) is 21.8 Å². The van der Waals surface area contributed by atoms with Gasteiger partial charge in [0.1, 0.15) is 0 Å². The summed E-state index contributed by atoms with van der Waals surface area (Å²) in [5.74, 6) is -0.0611. The van der Waals surface area contributed by atoms with E-state index in [0.717, 1.165) is 12.8 Å². The van der Waals surface area contributed by atoms with Crippen molar-refractivity contribution in [2.24, 2.45) is 0 Å². The van der Waals surface area contributed by atoms with Crippen molar-refractivity contribution in [3.05, 3.63) is 46.4 Å². The molecule has 1 amide bonds. The van der Waals surface area contributed by atoms with E-state index in [1.807, 2.05) is 16.3 Å². The SMILES string of the molecule is Nc1cccnc1C(=O)N(Cc1cccs1)C1CC1. The van der Waals surface area contributed by atoms with Gasteiger partial charge in [0, 0.05) is 17.1 Å². The molecule has 5 heteroatoms. The summed E-state index contributed by atoms with van der Waals surface area (Å²) in [6, 6.07) is 7.86. The predicted molar refractivity (Wildman–Crippen MR) is 75.9 cm³/mol. The fourth-order valence-corrected chi connectivity index (χ4v) is 2.76. The molecular formula is C14H15N3OS. The van der Waals surface area contributed by atoms with E-state index in [4.69, 9.17) is 5.73 Å². The third-order valence-electron chi connectivity index (χ3n) is 3.20. The van der Waals surface area contributed by atoms with Gasteiger partial charge in [0.15, 0.2) is 5.69 Å². The fraction of sp³-hybridized carbons (Fsp3) is 0.286. The molecule has 0 spiro atoms. The van der Waals surface area contributed by atoms with Crippen molar-refractivity contribution in [2.75, 3.05) is 5.73 Å². The number of hydrogen-bond acceptors (Lipinski definition) is 4. The van der Waals surface area contributed by atoms with E-state index < -0.39 is 0 Å². The first-order chi connectivity index (χ1) is 9.25. The Morgan fingerprint density at radius 2 is 2.26 bits per heavy atom. The molecule has 98 valence electrons. The maximum atomic E-state index is 12.6. The Morgan fingerprint density at radius 3 is 2.89 bits per heavy atom. The summed E-state index contributed by atoms with van der Waals surface area (Å²) in [6.45, 7) is 0.650. The molecule has 3 rings (SSSR count). The van der Waals surface area contributed by atoms with E-state index in [1.54, 1.807) is 29.7 Å². The van der Waals surface area contributed by atoms with Crippen LogP contribution in [0.25, 0.3) is 0 Å². The van der Waals surface area contributed by atoms with Gasteiger partial charge >= 0.3 is 0 Å². The summed E-state index contributed by atoms with van der Waals surface area (Å²) >= 11 is 1.67. The first-order valence-electron chi connectivity index (χ1n) is 6.29. The van der Waals surface area contributed by atoms with Gasteiger partial charge in [0.05, 0.1) is 12.2 Å². The smallest absolute Gasteiger partial charge is 0.275 e. The molecule has 0 aromatic carbocycles. The normalized spacial score (nSPS) is 14.3. The number of nitrogens with two attached hydrogens (primary N) is 1. The van der Waals surface area contributed by atoms with E-state index in [2.05, 4.69) is 11.1 Å². The number of thiophene rings is 1. The highest BCUT2D eigenvalue weighted by Gasteiger charge is 2.34. The molecule has 2 aromatic rings. The van der Waals surface area contributed by atoms with Crippen LogP contribution in [0, 0.1) is 0 Å². The summed E-state index contributed by atoms with van der Waals surface area (Å²) in [5, 5.41) is 2.03. The molecule has 1 saturated carbocycles. The van der Waals surface area contributed by atoms with Crippen molar-refractivity contribution in [1.82, 2.24) is 9.88 Å². The van der Waals surface area contributed by atoms with E-state index >= 15 is 0 Å². The molecule has 0 bridgehead atoms. The van der Waals surface area contributed by atoms with Crippen LogP contribution >= 0.6 is 11.3 Å². The van der Waals surface area contributed by atoms with Gasteiger partial charge in [-0.2, -0.15) is 0 Å². The van der Waals surface area contributed by atoms with Crippen LogP contribution < -0.4 is 5.73 Å². The Balaban J connectivity index is 1.84. The number of aromatic nitrogens is 1. The number of nitrogens with zero attached hydrogens (tertiary/aromatic N) is 2. The minimum absolute atomic E-state index is 0.0611. The standard InChI is InChI=1S/C14H15N3OS/c15-12-4-1-7-16-13(12)14(18)17(10-5-6-10)9-11-3-2-8-19-11/h1-4,7-8,10H,5-6,9,15H2. The van der Waals surface area contributed by atoms with Crippen LogP contribution in [0.1, 0.15) is 28.2 Å². The molecule has 0 radical (unpaired) electrons. The molecule has 19 heavy (non-hydrogen) atoms. The molecule has 0 aliphatic heterocycles. The maximum Gasteiger partial charge on any atom is 0.275 e. The van der Waals surface area contributed by atoms with Crippen LogP contribution in [0.2, 0.25) is 0 Å². The number of amides is 1. The number of rotatable bonds is 4. The van der Waals surface area contributed by atoms with Crippen molar-refractivity contribution >= 4 is 22.9 Å². The second-order valence-corrected chi connectivity index (χ2v) is 5.72. The number of carbonyl (C=O) groups is 1. The van der Waals surface area contributed by atoms with Crippen LogP contribution in [0.15, 0.2) is 35.8 Å². The Kier molecular flexibility index (Phi) is 3.21. The lowest BCUT2D eigenvalue weighted by atomic mass is 10.2.